The molecule has 0 spiro atoms. The molecule has 0 atom stereocenters. The first kappa shape index (κ1) is 11.9. The molecule has 2 aromatic heterocycles. The number of ether oxygens (including phenoxy) is 4. The zero-order chi connectivity index (χ0) is 12.7. The molecule has 2 aliphatic rings. The third kappa shape index (κ3) is 2.10. The Hall–Kier alpha value is -0.881. The van der Waals surface area contributed by atoms with E-state index in [0.717, 1.165) is 23.0 Å². The van der Waals surface area contributed by atoms with E-state index in [0.29, 0.717) is 26.4 Å². The molecule has 0 radical (unpaired) electrons. The van der Waals surface area contributed by atoms with Gasteiger partial charge in [-0.05, 0) is 0 Å². The molecule has 0 saturated carbocycles. The molecule has 7 heteroatoms. The summed E-state index contributed by atoms with van der Waals surface area (Å²) in [5, 5.41) is 4.06. The summed E-state index contributed by atoms with van der Waals surface area (Å²) in [6.45, 7) is 2.55. The Morgan fingerprint density at radius 1 is 0.737 bits per heavy atom. The van der Waals surface area contributed by atoms with Crippen LogP contribution in [0.3, 0.4) is 0 Å². The summed E-state index contributed by atoms with van der Waals surface area (Å²) in [7, 11) is 0. The van der Waals surface area contributed by atoms with E-state index in [4.69, 9.17) is 18.9 Å². The van der Waals surface area contributed by atoms with Crippen molar-refractivity contribution < 1.29 is 18.9 Å². The molecule has 0 bridgehead atoms. The number of fused-ring (bicyclic) bond motifs is 2. The molecule has 0 N–H and O–H groups in total. The van der Waals surface area contributed by atoms with Crippen LogP contribution in [0.5, 0.6) is 23.0 Å². The first-order valence-electron chi connectivity index (χ1n) is 5.84. The molecule has 4 heterocycles. The second kappa shape index (κ2) is 4.90. The van der Waals surface area contributed by atoms with Gasteiger partial charge in [-0.25, -0.2) is 0 Å². The molecule has 19 heavy (non-hydrogen) atoms. The normalized spacial score (nSPS) is 16.4. The Morgan fingerprint density at radius 2 is 1.21 bits per heavy atom. The van der Waals surface area contributed by atoms with Crippen molar-refractivity contribution in [2.75, 3.05) is 26.4 Å². The minimum absolute atomic E-state index is 0.178. The first-order chi connectivity index (χ1) is 9.42. The summed E-state index contributed by atoms with van der Waals surface area (Å²) < 4.78 is 25.1. The summed E-state index contributed by atoms with van der Waals surface area (Å²) in [5.41, 5.74) is 0. The topological polar surface area (TPSA) is 36.9 Å². The summed E-state index contributed by atoms with van der Waals surface area (Å²) in [5.74, 6) is 3.62. The van der Waals surface area contributed by atoms with E-state index in [2.05, 4.69) is 0 Å². The SMILES string of the molecule is c1sc([Se]c2scc3c2OCCO3)c2c1OCCO2. The van der Waals surface area contributed by atoms with Crippen LogP contribution in [0.4, 0.5) is 0 Å². The van der Waals surface area contributed by atoms with Gasteiger partial charge in [0.2, 0.25) is 0 Å². The standard InChI is InChI=1S/C12H10O4S2Se/c1-3-15-9-7(13-1)5-17-11(9)19-12-10-8(6-18-12)14-2-4-16-10/h5-6H,1-4H2. The van der Waals surface area contributed by atoms with Crippen molar-refractivity contribution in [3.8, 4) is 23.0 Å². The molecule has 2 aliphatic heterocycles. The van der Waals surface area contributed by atoms with Crippen LogP contribution in [0.1, 0.15) is 0 Å². The van der Waals surface area contributed by atoms with E-state index in [1.165, 1.54) is 7.55 Å². The number of thiophene rings is 2. The van der Waals surface area contributed by atoms with Gasteiger partial charge >= 0.3 is 124 Å². The summed E-state index contributed by atoms with van der Waals surface area (Å²) >= 11 is 3.58. The van der Waals surface area contributed by atoms with Crippen LogP contribution >= 0.6 is 22.7 Å². The van der Waals surface area contributed by atoms with Crippen molar-refractivity contribution in [3.05, 3.63) is 10.8 Å². The van der Waals surface area contributed by atoms with Crippen LogP contribution in [0.2, 0.25) is 0 Å². The second-order valence-corrected chi connectivity index (χ2v) is 9.00. The Balaban J connectivity index is 1.64. The third-order valence-corrected chi connectivity index (χ3v) is 7.82. The molecule has 0 unspecified atom stereocenters. The maximum absolute atomic E-state index is 5.72. The van der Waals surface area contributed by atoms with Crippen LogP contribution in [0.25, 0.3) is 0 Å². The number of rotatable bonds is 2. The van der Waals surface area contributed by atoms with Crippen molar-refractivity contribution in [3.63, 3.8) is 0 Å². The molecule has 0 aromatic carbocycles. The van der Waals surface area contributed by atoms with Crippen molar-refractivity contribution in [2.24, 2.45) is 0 Å². The summed E-state index contributed by atoms with van der Waals surface area (Å²) in [4.78, 5) is 0. The Labute approximate surface area is 124 Å². The zero-order valence-electron chi connectivity index (χ0n) is 9.84. The van der Waals surface area contributed by atoms with E-state index in [-0.39, 0.29) is 15.0 Å². The maximum atomic E-state index is 5.72. The van der Waals surface area contributed by atoms with Crippen molar-refractivity contribution in [1.82, 2.24) is 0 Å². The molecule has 0 saturated heterocycles. The number of hydrogen-bond acceptors (Lipinski definition) is 6. The zero-order valence-corrected chi connectivity index (χ0v) is 13.2. The fourth-order valence-corrected chi connectivity index (χ4v) is 7.08. The van der Waals surface area contributed by atoms with Crippen LogP contribution in [0, 0.1) is 0 Å². The fraction of sp³-hybridized carbons (Fsp3) is 0.333. The van der Waals surface area contributed by atoms with Gasteiger partial charge < -0.3 is 0 Å². The molecule has 4 rings (SSSR count). The van der Waals surface area contributed by atoms with Gasteiger partial charge in [0, 0.05) is 0 Å². The Morgan fingerprint density at radius 3 is 1.74 bits per heavy atom. The molecular formula is C12H10O4S2Se. The average Bonchev–Trinajstić information content (AvgIpc) is 3.05. The molecule has 2 aromatic rings. The van der Waals surface area contributed by atoms with E-state index in [1.807, 2.05) is 10.8 Å². The van der Waals surface area contributed by atoms with Crippen molar-refractivity contribution in [2.45, 2.75) is 0 Å². The van der Waals surface area contributed by atoms with Gasteiger partial charge in [-0.1, -0.05) is 0 Å². The Kier molecular flexibility index (Phi) is 3.07. The predicted molar refractivity (Wildman–Crippen MR) is 75.6 cm³/mol. The van der Waals surface area contributed by atoms with Crippen LogP contribution in [-0.2, 0) is 0 Å². The van der Waals surface area contributed by atoms with Gasteiger partial charge in [-0.2, -0.15) is 0 Å². The molecular weight excluding hydrogens is 351 g/mol. The van der Waals surface area contributed by atoms with E-state index in [1.54, 1.807) is 22.7 Å². The van der Waals surface area contributed by atoms with Crippen LogP contribution in [0.15, 0.2) is 10.8 Å². The van der Waals surface area contributed by atoms with Gasteiger partial charge in [0.25, 0.3) is 0 Å². The first-order valence-corrected chi connectivity index (χ1v) is 9.31. The van der Waals surface area contributed by atoms with Gasteiger partial charge in [-0.3, -0.25) is 0 Å². The van der Waals surface area contributed by atoms with E-state index >= 15 is 0 Å². The number of hydrogen-bond donors (Lipinski definition) is 0. The quantitative estimate of drug-likeness (QED) is 0.749. The predicted octanol–water partition coefficient (Wildman–Crippen LogP) is 1.01. The molecule has 0 fully saturated rings. The second-order valence-electron chi connectivity index (χ2n) is 3.93. The van der Waals surface area contributed by atoms with E-state index < -0.39 is 0 Å². The minimum atomic E-state index is 0.178. The summed E-state index contributed by atoms with van der Waals surface area (Å²) in [6, 6.07) is 0. The Bertz CT molecular complexity index is 555. The van der Waals surface area contributed by atoms with Crippen molar-refractivity contribution in [1.29, 1.82) is 0 Å². The van der Waals surface area contributed by atoms with E-state index in [9.17, 15) is 0 Å². The van der Waals surface area contributed by atoms with Gasteiger partial charge in [0.15, 0.2) is 0 Å². The molecule has 0 aliphatic carbocycles. The third-order valence-electron chi connectivity index (χ3n) is 2.72. The average molecular weight is 361 g/mol. The van der Waals surface area contributed by atoms with Gasteiger partial charge in [0.05, 0.1) is 0 Å². The fourth-order valence-electron chi connectivity index (χ4n) is 1.90. The van der Waals surface area contributed by atoms with Crippen LogP contribution in [-0.4, -0.2) is 41.4 Å². The van der Waals surface area contributed by atoms with Crippen molar-refractivity contribution >= 4 is 45.2 Å². The van der Waals surface area contributed by atoms with Crippen LogP contribution < -0.4 is 26.5 Å². The van der Waals surface area contributed by atoms with Gasteiger partial charge in [-0.15, -0.1) is 0 Å². The molecule has 0 amide bonds. The molecule has 4 nitrogen and oxygen atoms in total. The monoisotopic (exact) mass is 362 g/mol. The van der Waals surface area contributed by atoms with Gasteiger partial charge in [0.1, 0.15) is 0 Å². The summed E-state index contributed by atoms with van der Waals surface area (Å²) in [6.07, 6.45) is 0. The molecule has 100 valence electrons.